The number of rotatable bonds is 4. The molecule has 0 saturated carbocycles. The largest absolute Gasteiger partial charge is 0.349 e. The maximum Gasteiger partial charge on any atom is 0.253 e. The van der Waals surface area contributed by atoms with Crippen molar-refractivity contribution >= 4 is 11.8 Å². The number of carbonyl (C=O) groups is 2. The summed E-state index contributed by atoms with van der Waals surface area (Å²) >= 11 is 0. The highest BCUT2D eigenvalue weighted by Crippen LogP contribution is 2.21. The summed E-state index contributed by atoms with van der Waals surface area (Å²) in [5.74, 6) is -0.936. The van der Waals surface area contributed by atoms with Crippen molar-refractivity contribution in [3.05, 3.63) is 71.0 Å². The van der Waals surface area contributed by atoms with Gasteiger partial charge < -0.3 is 10.2 Å². The normalized spacial score (nSPS) is 17.5. The van der Waals surface area contributed by atoms with Gasteiger partial charge in [0.2, 0.25) is 5.91 Å². The van der Waals surface area contributed by atoms with Gasteiger partial charge in [0.05, 0.1) is 23.6 Å². The maximum atomic E-state index is 13.1. The van der Waals surface area contributed by atoms with E-state index in [4.69, 9.17) is 5.26 Å². The fourth-order valence-corrected chi connectivity index (χ4v) is 3.41. The summed E-state index contributed by atoms with van der Waals surface area (Å²) in [5.41, 5.74) is 1.92. The predicted molar refractivity (Wildman–Crippen MR) is 103 cm³/mol. The van der Waals surface area contributed by atoms with Crippen molar-refractivity contribution < 1.29 is 14.0 Å². The molecule has 1 saturated heterocycles. The summed E-state index contributed by atoms with van der Waals surface area (Å²) in [6.07, 6.45) is 1.47. The standard InChI is InChI=1S/C22H22FN3O2/c1-15(17-6-4-16(13-24)5-7-17)25-21(27)19-3-2-12-26(14-19)22(28)18-8-10-20(23)11-9-18/h4-11,15,19H,2-3,12,14H2,1H3,(H,25,27). The van der Waals surface area contributed by atoms with Crippen LogP contribution in [0.5, 0.6) is 0 Å². The minimum atomic E-state index is -0.385. The molecule has 2 atom stereocenters. The number of likely N-dealkylation sites (tertiary alicyclic amines) is 1. The molecule has 2 amide bonds. The van der Waals surface area contributed by atoms with Crippen LogP contribution < -0.4 is 5.32 Å². The van der Waals surface area contributed by atoms with E-state index in [0.717, 1.165) is 18.4 Å². The Balaban J connectivity index is 1.61. The molecule has 1 fully saturated rings. The zero-order valence-corrected chi connectivity index (χ0v) is 15.7. The van der Waals surface area contributed by atoms with Gasteiger partial charge in [0.15, 0.2) is 0 Å². The zero-order chi connectivity index (χ0) is 20.1. The second-order valence-corrected chi connectivity index (χ2v) is 7.06. The highest BCUT2D eigenvalue weighted by atomic mass is 19.1. The number of benzene rings is 2. The van der Waals surface area contributed by atoms with Crippen molar-refractivity contribution in [2.75, 3.05) is 13.1 Å². The molecule has 1 N–H and O–H groups in total. The number of nitrogens with zero attached hydrogens (tertiary/aromatic N) is 2. The third-order valence-electron chi connectivity index (χ3n) is 5.07. The summed E-state index contributed by atoms with van der Waals surface area (Å²) in [6.45, 7) is 2.83. The Morgan fingerprint density at radius 2 is 1.86 bits per heavy atom. The van der Waals surface area contributed by atoms with Crippen molar-refractivity contribution in [1.82, 2.24) is 10.2 Å². The van der Waals surface area contributed by atoms with Crippen LogP contribution in [0.15, 0.2) is 48.5 Å². The minimum Gasteiger partial charge on any atom is -0.349 e. The van der Waals surface area contributed by atoms with Gasteiger partial charge in [0.25, 0.3) is 5.91 Å². The maximum absolute atomic E-state index is 13.1. The third kappa shape index (κ3) is 4.55. The van der Waals surface area contributed by atoms with Crippen LogP contribution in [-0.4, -0.2) is 29.8 Å². The minimum absolute atomic E-state index is 0.0894. The van der Waals surface area contributed by atoms with Gasteiger partial charge in [-0.1, -0.05) is 12.1 Å². The van der Waals surface area contributed by atoms with E-state index >= 15 is 0 Å². The van der Waals surface area contributed by atoms with Gasteiger partial charge >= 0.3 is 0 Å². The first-order valence-electron chi connectivity index (χ1n) is 9.33. The molecule has 2 unspecified atom stereocenters. The van der Waals surface area contributed by atoms with E-state index in [1.165, 1.54) is 24.3 Å². The van der Waals surface area contributed by atoms with Crippen LogP contribution in [0.1, 0.15) is 47.3 Å². The first-order valence-corrected chi connectivity index (χ1v) is 9.33. The zero-order valence-electron chi connectivity index (χ0n) is 15.7. The second-order valence-electron chi connectivity index (χ2n) is 7.06. The van der Waals surface area contributed by atoms with Gasteiger partial charge in [0.1, 0.15) is 5.82 Å². The van der Waals surface area contributed by atoms with Crippen LogP contribution in [0.4, 0.5) is 4.39 Å². The van der Waals surface area contributed by atoms with E-state index in [9.17, 15) is 14.0 Å². The van der Waals surface area contributed by atoms with Crippen LogP contribution in [0.25, 0.3) is 0 Å². The molecule has 5 nitrogen and oxygen atoms in total. The Labute approximate surface area is 163 Å². The van der Waals surface area contributed by atoms with Crippen molar-refractivity contribution in [3.63, 3.8) is 0 Å². The SMILES string of the molecule is CC(NC(=O)C1CCCN(C(=O)c2ccc(F)cc2)C1)c1ccc(C#N)cc1. The van der Waals surface area contributed by atoms with Crippen molar-refractivity contribution in [2.45, 2.75) is 25.8 Å². The monoisotopic (exact) mass is 379 g/mol. The lowest BCUT2D eigenvalue weighted by molar-refractivity contribution is -0.127. The summed E-state index contributed by atoms with van der Waals surface area (Å²) in [6, 6.07) is 14.4. The first kappa shape index (κ1) is 19.6. The van der Waals surface area contributed by atoms with E-state index in [2.05, 4.69) is 11.4 Å². The molecule has 144 valence electrons. The smallest absolute Gasteiger partial charge is 0.253 e. The van der Waals surface area contributed by atoms with Crippen LogP contribution in [0.3, 0.4) is 0 Å². The summed E-state index contributed by atoms with van der Waals surface area (Å²) < 4.78 is 13.1. The van der Waals surface area contributed by atoms with Crippen LogP contribution in [0.2, 0.25) is 0 Å². The molecule has 0 aliphatic carbocycles. The first-order chi connectivity index (χ1) is 13.5. The van der Waals surface area contributed by atoms with Crippen LogP contribution in [-0.2, 0) is 4.79 Å². The average molecular weight is 379 g/mol. The van der Waals surface area contributed by atoms with Gasteiger partial charge in [0, 0.05) is 18.7 Å². The third-order valence-corrected chi connectivity index (χ3v) is 5.07. The number of halogens is 1. The van der Waals surface area contributed by atoms with Gasteiger partial charge in [-0.25, -0.2) is 4.39 Å². The lowest BCUT2D eigenvalue weighted by atomic mass is 9.95. The Morgan fingerprint density at radius 1 is 1.18 bits per heavy atom. The molecule has 6 heteroatoms. The Bertz CT molecular complexity index is 887. The van der Waals surface area contributed by atoms with Crippen LogP contribution >= 0.6 is 0 Å². The highest BCUT2D eigenvalue weighted by molar-refractivity contribution is 5.94. The molecule has 0 spiro atoms. The van der Waals surface area contributed by atoms with Gasteiger partial charge in [-0.15, -0.1) is 0 Å². The number of hydrogen-bond acceptors (Lipinski definition) is 3. The molecule has 0 aromatic heterocycles. The van der Waals surface area contributed by atoms with E-state index in [-0.39, 0.29) is 29.6 Å². The Hall–Kier alpha value is -3.20. The van der Waals surface area contributed by atoms with E-state index in [1.807, 2.05) is 19.1 Å². The molecular weight excluding hydrogens is 357 g/mol. The fourth-order valence-electron chi connectivity index (χ4n) is 3.41. The van der Waals surface area contributed by atoms with Crippen molar-refractivity contribution in [2.24, 2.45) is 5.92 Å². The fraction of sp³-hybridized carbons (Fsp3) is 0.318. The van der Waals surface area contributed by atoms with E-state index in [1.54, 1.807) is 17.0 Å². The van der Waals surface area contributed by atoms with Crippen LogP contribution in [0, 0.1) is 23.1 Å². The number of hydrogen-bond donors (Lipinski definition) is 1. The summed E-state index contributed by atoms with van der Waals surface area (Å²) in [4.78, 5) is 27.0. The lowest BCUT2D eigenvalue weighted by Gasteiger charge is -2.32. The van der Waals surface area contributed by atoms with Gasteiger partial charge in [-0.05, 0) is 61.7 Å². The number of nitriles is 1. The number of carbonyl (C=O) groups excluding carboxylic acids is 2. The quantitative estimate of drug-likeness (QED) is 0.885. The molecule has 1 heterocycles. The van der Waals surface area contributed by atoms with E-state index < -0.39 is 0 Å². The van der Waals surface area contributed by atoms with Crippen molar-refractivity contribution in [1.29, 1.82) is 5.26 Å². The molecule has 2 aromatic carbocycles. The topological polar surface area (TPSA) is 73.2 Å². The molecular formula is C22H22FN3O2. The number of piperidine rings is 1. The van der Waals surface area contributed by atoms with Gasteiger partial charge in [-0.3, -0.25) is 9.59 Å². The second kappa shape index (κ2) is 8.66. The molecule has 2 aromatic rings. The molecule has 1 aliphatic rings. The summed E-state index contributed by atoms with van der Waals surface area (Å²) in [5, 5.41) is 11.9. The molecule has 3 rings (SSSR count). The predicted octanol–water partition coefficient (Wildman–Crippen LogP) is 3.43. The van der Waals surface area contributed by atoms with E-state index in [0.29, 0.717) is 24.2 Å². The Morgan fingerprint density at radius 3 is 2.50 bits per heavy atom. The Kier molecular flexibility index (Phi) is 6.05. The van der Waals surface area contributed by atoms with Gasteiger partial charge in [-0.2, -0.15) is 5.26 Å². The molecule has 28 heavy (non-hydrogen) atoms. The van der Waals surface area contributed by atoms with Crippen molar-refractivity contribution in [3.8, 4) is 6.07 Å². The lowest BCUT2D eigenvalue weighted by Crippen LogP contribution is -2.45. The highest BCUT2D eigenvalue weighted by Gasteiger charge is 2.29. The molecule has 0 bridgehead atoms. The summed E-state index contributed by atoms with van der Waals surface area (Å²) in [7, 11) is 0. The molecule has 0 radical (unpaired) electrons. The number of amides is 2. The average Bonchev–Trinajstić information content (AvgIpc) is 2.74. The number of nitrogens with one attached hydrogen (secondary N) is 1. The molecule has 1 aliphatic heterocycles.